The predicted octanol–water partition coefficient (Wildman–Crippen LogP) is 4.45. The number of aromatic amines is 1. The van der Waals surface area contributed by atoms with E-state index in [1.165, 1.54) is 10.9 Å². The van der Waals surface area contributed by atoms with Crippen LogP contribution in [0.1, 0.15) is 29.0 Å². The highest BCUT2D eigenvalue weighted by Gasteiger charge is 2.19. The molecule has 1 atom stereocenters. The highest BCUT2D eigenvalue weighted by Crippen LogP contribution is 2.31. The van der Waals surface area contributed by atoms with E-state index in [0.717, 1.165) is 22.4 Å². The molecule has 0 fully saturated rings. The molecule has 4 rings (SSSR count). The number of nitrogens with zero attached hydrogens (tertiary/aromatic N) is 1. The lowest BCUT2D eigenvalue weighted by Crippen LogP contribution is -2.29. The molecule has 1 unspecified atom stereocenters. The Morgan fingerprint density at radius 1 is 1.10 bits per heavy atom. The normalized spacial score (nSPS) is 11.9. The zero-order chi connectivity index (χ0) is 20.8. The van der Waals surface area contributed by atoms with Gasteiger partial charge in [-0.25, -0.2) is 0 Å². The number of aromatic nitrogens is 2. The minimum Gasteiger partial charge on any atom is -0.497 e. The molecule has 5 heteroatoms. The molecule has 0 saturated carbocycles. The summed E-state index contributed by atoms with van der Waals surface area (Å²) in [6.07, 6.45) is 6.71. The summed E-state index contributed by atoms with van der Waals surface area (Å²) >= 11 is 0. The van der Waals surface area contributed by atoms with Crippen LogP contribution in [0.4, 0.5) is 0 Å². The molecule has 0 aliphatic carbocycles. The topological polar surface area (TPSA) is 67.0 Å². The van der Waals surface area contributed by atoms with Gasteiger partial charge in [0.15, 0.2) is 0 Å². The van der Waals surface area contributed by atoms with Crippen LogP contribution in [0.2, 0.25) is 0 Å². The summed E-state index contributed by atoms with van der Waals surface area (Å²) in [5.74, 6) is 0.892. The first-order chi connectivity index (χ1) is 14.7. The number of amides is 1. The van der Waals surface area contributed by atoms with Crippen molar-refractivity contribution >= 4 is 16.8 Å². The number of rotatable bonds is 8. The van der Waals surface area contributed by atoms with Gasteiger partial charge in [0.05, 0.1) is 7.11 Å². The SMILES string of the molecule is COc1ccc(C(CNC(=O)CCc2cccnc2)c2c[nH]c3ccccc23)cc1. The maximum Gasteiger partial charge on any atom is 0.220 e. The summed E-state index contributed by atoms with van der Waals surface area (Å²) in [6, 6.07) is 20.2. The largest absolute Gasteiger partial charge is 0.497 e. The fraction of sp³-hybridized carbons (Fsp3) is 0.200. The molecule has 0 bridgehead atoms. The Morgan fingerprint density at radius 3 is 2.70 bits per heavy atom. The molecule has 2 N–H and O–H groups in total. The second-order valence-electron chi connectivity index (χ2n) is 7.28. The Bertz CT molecular complexity index is 1100. The zero-order valence-electron chi connectivity index (χ0n) is 17.0. The Labute approximate surface area is 176 Å². The van der Waals surface area contributed by atoms with E-state index in [1.54, 1.807) is 19.5 Å². The molecule has 2 aromatic heterocycles. The van der Waals surface area contributed by atoms with E-state index in [-0.39, 0.29) is 11.8 Å². The van der Waals surface area contributed by atoms with Gasteiger partial charge in [-0.05, 0) is 47.4 Å². The van der Waals surface area contributed by atoms with Gasteiger partial charge in [-0.15, -0.1) is 0 Å². The van der Waals surface area contributed by atoms with Crippen LogP contribution >= 0.6 is 0 Å². The van der Waals surface area contributed by atoms with Gasteiger partial charge < -0.3 is 15.0 Å². The Morgan fingerprint density at radius 2 is 1.93 bits per heavy atom. The summed E-state index contributed by atoms with van der Waals surface area (Å²) in [5, 5.41) is 4.30. The molecule has 5 nitrogen and oxygen atoms in total. The molecule has 0 spiro atoms. The van der Waals surface area contributed by atoms with Gasteiger partial charge in [-0.3, -0.25) is 9.78 Å². The lowest BCUT2D eigenvalue weighted by Gasteiger charge is -2.19. The van der Waals surface area contributed by atoms with Gasteiger partial charge in [0.1, 0.15) is 5.75 Å². The molecule has 30 heavy (non-hydrogen) atoms. The van der Waals surface area contributed by atoms with Crippen LogP contribution in [-0.2, 0) is 11.2 Å². The molecule has 0 aliphatic rings. The minimum absolute atomic E-state index is 0.0365. The number of carbonyl (C=O) groups is 1. The molecular formula is C25H25N3O2. The highest BCUT2D eigenvalue weighted by molar-refractivity contribution is 5.84. The summed E-state index contributed by atoms with van der Waals surface area (Å²) in [4.78, 5) is 20.0. The molecule has 2 aromatic carbocycles. The van der Waals surface area contributed by atoms with E-state index in [0.29, 0.717) is 19.4 Å². The van der Waals surface area contributed by atoms with Crippen molar-refractivity contribution in [1.29, 1.82) is 0 Å². The van der Waals surface area contributed by atoms with Gasteiger partial charge in [-0.2, -0.15) is 0 Å². The van der Waals surface area contributed by atoms with Crippen molar-refractivity contribution in [1.82, 2.24) is 15.3 Å². The third-order valence-corrected chi connectivity index (χ3v) is 5.38. The van der Waals surface area contributed by atoms with E-state index in [2.05, 4.69) is 39.6 Å². The van der Waals surface area contributed by atoms with Gasteiger partial charge >= 0.3 is 0 Å². The highest BCUT2D eigenvalue weighted by atomic mass is 16.5. The van der Waals surface area contributed by atoms with Crippen molar-refractivity contribution in [3.05, 3.63) is 95.9 Å². The van der Waals surface area contributed by atoms with Crippen LogP contribution in [0, 0.1) is 0 Å². The van der Waals surface area contributed by atoms with Crippen molar-refractivity contribution in [3.8, 4) is 5.75 Å². The lowest BCUT2D eigenvalue weighted by atomic mass is 9.90. The summed E-state index contributed by atoms with van der Waals surface area (Å²) in [7, 11) is 1.66. The Hall–Kier alpha value is -3.60. The number of H-pyrrole nitrogens is 1. The zero-order valence-corrected chi connectivity index (χ0v) is 17.0. The van der Waals surface area contributed by atoms with Gasteiger partial charge in [-0.1, -0.05) is 36.4 Å². The number of methoxy groups -OCH3 is 1. The maximum atomic E-state index is 12.5. The average molecular weight is 399 g/mol. The van der Waals surface area contributed by atoms with Crippen molar-refractivity contribution < 1.29 is 9.53 Å². The first-order valence-electron chi connectivity index (χ1n) is 10.1. The number of aryl methyl sites for hydroxylation is 1. The number of fused-ring (bicyclic) bond motifs is 1. The van der Waals surface area contributed by atoms with Crippen LogP contribution < -0.4 is 10.1 Å². The summed E-state index contributed by atoms with van der Waals surface area (Å²) in [6.45, 7) is 0.528. The monoisotopic (exact) mass is 399 g/mol. The van der Waals surface area contributed by atoms with Crippen molar-refractivity contribution in [2.75, 3.05) is 13.7 Å². The van der Waals surface area contributed by atoms with E-state index in [1.807, 2.05) is 42.6 Å². The lowest BCUT2D eigenvalue weighted by molar-refractivity contribution is -0.121. The fourth-order valence-electron chi connectivity index (χ4n) is 3.73. The van der Waals surface area contributed by atoms with Crippen molar-refractivity contribution in [2.24, 2.45) is 0 Å². The average Bonchev–Trinajstić information content (AvgIpc) is 3.23. The standard InChI is InChI=1S/C25H25N3O2/c1-30-20-11-9-19(10-12-20)22(23-17-27-24-7-3-2-6-21(23)24)16-28-25(29)13-8-18-5-4-14-26-15-18/h2-7,9-12,14-15,17,22,27H,8,13,16H2,1H3,(H,28,29). The van der Waals surface area contributed by atoms with Crippen molar-refractivity contribution in [2.45, 2.75) is 18.8 Å². The summed E-state index contributed by atoms with van der Waals surface area (Å²) < 4.78 is 5.30. The maximum absolute atomic E-state index is 12.5. The molecule has 0 saturated heterocycles. The summed E-state index contributed by atoms with van der Waals surface area (Å²) in [5.41, 5.74) is 4.46. The van der Waals surface area contributed by atoms with Crippen LogP contribution in [0.3, 0.4) is 0 Å². The molecule has 0 radical (unpaired) electrons. The van der Waals surface area contributed by atoms with E-state index < -0.39 is 0 Å². The first-order valence-corrected chi connectivity index (χ1v) is 10.1. The Kier molecular flexibility index (Phi) is 6.09. The van der Waals surface area contributed by atoms with Gasteiger partial charge in [0, 0.05) is 48.4 Å². The second-order valence-corrected chi connectivity index (χ2v) is 7.28. The van der Waals surface area contributed by atoms with E-state index in [4.69, 9.17) is 4.74 Å². The van der Waals surface area contributed by atoms with Gasteiger partial charge in [0.2, 0.25) is 5.91 Å². The second kappa shape index (κ2) is 9.27. The number of pyridine rings is 1. The van der Waals surface area contributed by atoms with Crippen LogP contribution in [0.5, 0.6) is 5.75 Å². The third kappa shape index (κ3) is 4.51. The molecule has 1 amide bonds. The number of hydrogen-bond donors (Lipinski definition) is 2. The van der Waals surface area contributed by atoms with Crippen LogP contribution in [0.25, 0.3) is 10.9 Å². The molecule has 0 aliphatic heterocycles. The van der Waals surface area contributed by atoms with Crippen LogP contribution in [0.15, 0.2) is 79.3 Å². The van der Waals surface area contributed by atoms with E-state index in [9.17, 15) is 4.79 Å². The number of para-hydroxylation sites is 1. The number of benzene rings is 2. The minimum atomic E-state index is 0.0365. The smallest absolute Gasteiger partial charge is 0.220 e. The number of hydrogen-bond acceptors (Lipinski definition) is 3. The first kappa shape index (κ1) is 19.7. The number of carbonyl (C=O) groups excluding carboxylic acids is 1. The molecule has 4 aromatic rings. The fourth-order valence-corrected chi connectivity index (χ4v) is 3.73. The quantitative estimate of drug-likeness (QED) is 0.460. The Balaban J connectivity index is 1.52. The predicted molar refractivity (Wildman–Crippen MR) is 119 cm³/mol. The van der Waals surface area contributed by atoms with Crippen molar-refractivity contribution in [3.63, 3.8) is 0 Å². The van der Waals surface area contributed by atoms with Gasteiger partial charge in [0.25, 0.3) is 0 Å². The number of nitrogens with one attached hydrogen (secondary N) is 2. The molecule has 2 heterocycles. The van der Waals surface area contributed by atoms with Crippen LogP contribution in [-0.4, -0.2) is 29.5 Å². The van der Waals surface area contributed by atoms with E-state index >= 15 is 0 Å². The molecule has 152 valence electrons. The third-order valence-electron chi connectivity index (χ3n) is 5.38. The molecular weight excluding hydrogens is 374 g/mol. The number of ether oxygens (including phenoxy) is 1.